The molecule has 7 nitrogen and oxygen atoms in total. The van der Waals surface area contributed by atoms with Gasteiger partial charge < -0.3 is 15.1 Å². The van der Waals surface area contributed by atoms with Crippen LogP contribution in [0.5, 0.6) is 0 Å². The minimum absolute atomic E-state index is 0.0114. The van der Waals surface area contributed by atoms with E-state index in [0.29, 0.717) is 18.7 Å². The summed E-state index contributed by atoms with van der Waals surface area (Å²) in [7, 11) is 0. The van der Waals surface area contributed by atoms with Gasteiger partial charge in [0.15, 0.2) is 0 Å². The van der Waals surface area contributed by atoms with E-state index >= 15 is 0 Å². The number of aromatic nitrogens is 3. The molecule has 0 aliphatic carbocycles. The number of hydrogen-bond acceptors (Lipinski definition) is 6. The predicted octanol–water partition coefficient (Wildman–Crippen LogP) is 3.41. The summed E-state index contributed by atoms with van der Waals surface area (Å²) in [5.74, 6) is 1.59. The lowest BCUT2D eigenvalue weighted by molar-refractivity contribution is 0.0733. The van der Waals surface area contributed by atoms with Crippen LogP contribution >= 0.6 is 0 Å². The molecule has 0 spiro atoms. The fourth-order valence-electron chi connectivity index (χ4n) is 4.07. The lowest BCUT2D eigenvalue weighted by atomic mass is 10.0. The zero-order valence-electron chi connectivity index (χ0n) is 16.8. The van der Waals surface area contributed by atoms with Crippen molar-refractivity contribution < 1.29 is 4.79 Å². The molecule has 2 aliphatic rings. The molecule has 2 aromatic heterocycles. The summed E-state index contributed by atoms with van der Waals surface area (Å²) in [4.78, 5) is 30.9. The lowest BCUT2D eigenvalue weighted by Crippen LogP contribution is -2.37. The highest BCUT2D eigenvalue weighted by molar-refractivity contribution is 5.94. The smallest absolute Gasteiger partial charge is 0.254 e. The Morgan fingerprint density at radius 3 is 2.47 bits per heavy atom. The largest absolute Gasteiger partial charge is 0.341 e. The number of nitrogens with one attached hydrogen (secondary N) is 1. The van der Waals surface area contributed by atoms with Crippen molar-refractivity contribution in [3.63, 3.8) is 0 Å². The van der Waals surface area contributed by atoms with Crippen LogP contribution in [0.2, 0.25) is 0 Å². The Morgan fingerprint density at radius 2 is 1.70 bits per heavy atom. The molecule has 7 heteroatoms. The van der Waals surface area contributed by atoms with E-state index in [9.17, 15) is 4.79 Å². The Labute approximate surface area is 175 Å². The Bertz CT molecular complexity index is 1030. The zero-order valence-corrected chi connectivity index (χ0v) is 16.8. The first-order chi connectivity index (χ1) is 14.8. The van der Waals surface area contributed by atoms with E-state index in [0.717, 1.165) is 48.2 Å². The Morgan fingerprint density at radius 1 is 0.933 bits per heavy atom. The fourth-order valence-corrected chi connectivity index (χ4v) is 4.07. The molecule has 1 aromatic carbocycles. The quantitative estimate of drug-likeness (QED) is 0.723. The Hall–Kier alpha value is -3.48. The molecule has 4 heterocycles. The summed E-state index contributed by atoms with van der Waals surface area (Å²) in [6.45, 7) is 3.13. The van der Waals surface area contributed by atoms with Gasteiger partial charge in [0, 0.05) is 55.3 Å². The van der Waals surface area contributed by atoms with Crippen molar-refractivity contribution in [3.05, 3.63) is 71.7 Å². The van der Waals surface area contributed by atoms with Crippen molar-refractivity contribution in [2.24, 2.45) is 0 Å². The van der Waals surface area contributed by atoms with Crippen molar-refractivity contribution in [2.45, 2.75) is 25.8 Å². The van der Waals surface area contributed by atoms with Gasteiger partial charge in [-0.3, -0.25) is 9.78 Å². The minimum atomic E-state index is 0.0114. The highest BCUT2D eigenvalue weighted by atomic mass is 16.2. The van der Waals surface area contributed by atoms with Crippen LogP contribution in [0.3, 0.4) is 0 Å². The van der Waals surface area contributed by atoms with Gasteiger partial charge in [0.1, 0.15) is 5.82 Å². The van der Waals surface area contributed by atoms with Gasteiger partial charge in [-0.25, -0.2) is 4.98 Å². The monoisotopic (exact) mass is 400 g/mol. The maximum Gasteiger partial charge on any atom is 0.254 e. The van der Waals surface area contributed by atoms with Gasteiger partial charge in [0.2, 0.25) is 5.95 Å². The van der Waals surface area contributed by atoms with E-state index in [1.54, 1.807) is 24.5 Å². The van der Waals surface area contributed by atoms with Crippen LogP contribution in [0.4, 0.5) is 17.5 Å². The van der Waals surface area contributed by atoms with Crippen LogP contribution in [0, 0.1) is 0 Å². The Kier molecular flexibility index (Phi) is 5.01. The van der Waals surface area contributed by atoms with Crippen LogP contribution in [0.25, 0.3) is 0 Å². The van der Waals surface area contributed by atoms with Gasteiger partial charge in [-0.15, -0.1) is 0 Å². The molecule has 152 valence electrons. The third-order valence-corrected chi connectivity index (χ3v) is 5.69. The number of carbonyl (C=O) groups is 1. The molecular weight excluding hydrogens is 376 g/mol. The number of benzene rings is 1. The molecule has 1 fully saturated rings. The number of pyridine rings is 1. The maximum atomic E-state index is 13.0. The third kappa shape index (κ3) is 3.70. The maximum absolute atomic E-state index is 13.0. The number of hydrogen-bond donors (Lipinski definition) is 1. The lowest BCUT2D eigenvalue weighted by Gasteiger charge is -2.30. The molecule has 1 saturated heterocycles. The van der Waals surface area contributed by atoms with Crippen molar-refractivity contribution >= 4 is 23.4 Å². The van der Waals surface area contributed by atoms with Crippen LogP contribution in [0.15, 0.2) is 54.9 Å². The SMILES string of the molecule is O=C(c1ccncc1)N1CCc2nc(N3CCCC3)nc(Nc3ccccc3)c2C1. The standard InChI is InChI=1S/C23H24N6O/c30-22(17-8-11-24-12-9-17)29-15-10-20-19(16-29)21(25-18-6-2-1-3-7-18)27-23(26-20)28-13-4-5-14-28/h1-3,6-9,11-12H,4-5,10,13-16H2,(H,25,26,27). The molecular formula is C23H24N6O. The van der Waals surface area contributed by atoms with Crippen LogP contribution in [0.1, 0.15) is 34.5 Å². The number of fused-ring (bicyclic) bond motifs is 1. The molecule has 0 bridgehead atoms. The summed E-state index contributed by atoms with van der Waals surface area (Å²) in [5, 5.41) is 3.47. The topological polar surface area (TPSA) is 74.2 Å². The van der Waals surface area contributed by atoms with E-state index in [2.05, 4.69) is 15.2 Å². The van der Waals surface area contributed by atoms with Gasteiger partial charge in [-0.1, -0.05) is 18.2 Å². The van der Waals surface area contributed by atoms with Gasteiger partial charge in [-0.2, -0.15) is 4.98 Å². The summed E-state index contributed by atoms with van der Waals surface area (Å²) >= 11 is 0. The molecule has 5 rings (SSSR count). The summed E-state index contributed by atoms with van der Waals surface area (Å²) in [5.41, 5.74) is 3.66. The van der Waals surface area contributed by atoms with Gasteiger partial charge >= 0.3 is 0 Å². The van der Waals surface area contributed by atoms with Crippen LogP contribution in [-0.2, 0) is 13.0 Å². The fraction of sp³-hybridized carbons (Fsp3) is 0.304. The molecule has 0 saturated carbocycles. The van der Waals surface area contributed by atoms with Crippen LogP contribution < -0.4 is 10.2 Å². The Balaban J connectivity index is 1.49. The number of nitrogens with zero attached hydrogens (tertiary/aromatic N) is 5. The first-order valence-electron chi connectivity index (χ1n) is 10.4. The van der Waals surface area contributed by atoms with E-state index in [1.165, 1.54) is 12.8 Å². The van der Waals surface area contributed by atoms with E-state index in [4.69, 9.17) is 9.97 Å². The first kappa shape index (κ1) is 18.5. The zero-order chi connectivity index (χ0) is 20.3. The summed E-state index contributed by atoms with van der Waals surface area (Å²) in [6.07, 6.45) is 6.38. The average molecular weight is 400 g/mol. The van der Waals surface area contributed by atoms with Crippen molar-refractivity contribution in [3.8, 4) is 0 Å². The van der Waals surface area contributed by atoms with Gasteiger partial charge in [-0.05, 0) is 37.1 Å². The number of amides is 1. The second-order valence-electron chi connectivity index (χ2n) is 7.70. The normalized spacial score (nSPS) is 15.7. The average Bonchev–Trinajstić information content (AvgIpc) is 3.35. The molecule has 0 atom stereocenters. The first-order valence-corrected chi connectivity index (χ1v) is 10.4. The molecule has 0 unspecified atom stereocenters. The van der Waals surface area contributed by atoms with Crippen molar-refractivity contribution in [2.75, 3.05) is 29.9 Å². The highest BCUT2D eigenvalue weighted by Crippen LogP contribution is 2.30. The molecule has 3 aromatic rings. The second kappa shape index (κ2) is 8.10. The summed E-state index contributed by atoms with van der Waals surface area (Å²) in [6, 6.07) is 13.5. The van der Waals surface area contributed by atoms with Gasteiger partial charge in [0.05, 0.1) is 12.2 Å². The number of carbonyl (C=O) groups excluding carboxylic acids is 1. The van der Waals surface area contributed by atoms with E-state index in [-0.39, 0.29) is 5.91 Å². The highest BCUT2D eigenvalue weighted by Gasteiger charge is 2.28. The number of rotatable bonds is 4. The van der Waals surface area contributed by atoms with Crippen molar-refractivity contribution in [1.82, 2.24) is 19.9 Å². The van der Waals surface area contributed by atoms with Gasteiger partial charge in [0.25, 0.3) is 5.91 Å². The predicted molar refractivity (Wildman–Crippen MR) is 116 cm³/mol. The molecule has 30 heavy (non-hydrogen) atoms. The van der Waals surface area contributed by atoms with Crippen molar-refractivity contribution in [1.29, 1.82) is 0 Å². The molecule has 1 N–H and O–H groups in total. The van der Waals surface area contributed by atoms with Crippen LogP contribution in [-0.4, -0.2) is 45.4 Å². The minimum Gasteiger partial charge on any atom is -0.341 e. The summed E-state index contributed by atoms with van der Waals surface area (Å²) < 4.78 is 0. The number of para-hydroxylation sites is 1. The van der Waals surface area contributed by atoms with E-state index < -0.39 is 0 Å². The molecule has 0 radical (unpaired) electrons. The second-order valence-corrected chi connectivity index (χ2v) is 7.70. The van der Waals surface area contributed by atoms with E-state index in [1.807, 2.05) is 35.2 Å². The number of anilines is 3. The molecule has 1 amide bonds. The third-order valence-electron chi connectivity index (χ3n) is 5.69. The molecule has 2 aliphatic heterocycles.